The van der Waals surface area contributed by atoms with E-state index in [1.165, 1.54) is 0 Å². The van der Waals surface area contributed by atoms with E-state index in [-0.39, 0.29) is 5.56 Å². The van der Waals surface area contributed by atoms with Crippen molar-refractivity contribution in [1.29, 1.82) is 0 Å². The van der Waals surface area contributed by atoms with E-state index in [0.717, 1.165) is 22.6 Å². The first-order valence-electron chi connectivity index (χ1n) is 9.98. The van der Waals surface area contributed by atoms with Gasteiger partial charge >= 0.3 is 0 Å². The lowest BCUT2D eigenvalue weighted by Crippen LogP contribution is -2.21. The molecule has 0 bridgehead atoms. The first kappa shape index (κ1) is 20.1. The number of benzene rings is 3. The molecule has 0 radical (unpaired) electrons. The zero-order chi connectivity index (χ0) is 22.1. The Morgan fingerprint density at radius 2 is 1.50 bits per heavy atom. The van der Waals surface area contributed by atoms with Crippen molar-refractivity contribution < 1.29 is 9.47 Å². The van der Waals surface area contributed by atoms with Crippen LogP contribution in [0.1, 0.15) is 5.56 Å². The van der Waals surface area contributed by atoms with E-state index in [2.05, 4.69) is 10.2 Å². The van der Waals surface area contributed by atoms with Gasteiger partial charge in [-0.3, -0.25) is 9.20 Å². The summed E-state index contributed by atoms with van der Waals surface area (Å²) >= 11 is 1.57. The molecule has 0 unspecified atom stereocenters. The second-order valence-corrected chi connectivity index (χ2v) is 8.05. The molecule has 160 valence electrons. The van der Waals surface area contributed by atoms with Crippen molar-refractivity contribution >= 4 is 28.4 Å². The number of hydrogen-bond donors (Lipinski definition) is 0. The van der Waals surface area contributed by atoms with Gasteiger partial charge in [0.05, 0.1) is 30.8 Å². The van der Waals surface area contributed by atoms with Crippen LogP contribution in [-0.4, -0.2) is 33.4 Å². The Balaban J connectivity index is 1.64. The van der Waals surface area contributed by atoms with Gasteiger partial charge in [-0.05, 0) is 54.1 Å². The molecule has 0 amide bonds. The second-order valence-electron chi connectivity index (χ2n) is 7.11. The third-order valence-electron chi connectivity index (χ3n) is 5.25. The highest BCUT2D eigenvalue weighted by Crippen LogP contribution is 2.26. The highest BCUT2D eigenvalue weighted by Gasteiger charge is 2.18. The lowest BCUT2D eigenvalue weighted by molar-refractivity contribution is 0.414. The van der Waals surface area contributed by atoms with Crippen LogP contribution in [-0.2, 0) is 5.75 Å². The minimum Gasteiger partial charge on any atom is -0.497 e. The topological polar surface area (TPSA) is 70.7 Å². The summed E-state index contributed by atoms with van der Waals surface area (Å²) in [7, 11) is 3.26. The Kier molecular flexibility index (Phi) is 5.28. The maximum absolute atomic E-state index is 13.4. The third kappa shape index (κ3) is 3.48. The maximum atomic E-state index is 13.4. The fourth-order valence-electron chi connectivity index (χ4n) is 3.61. The molecule has 0 saturated carbocycles. The van der Waals surface area contributed by atoms with Gasteiger partial charge in [-0.15, -0.1) is 10.2 Å². The average Bonchev–Trinajstić information content (AvgIpc) is 3.27. The molecule has 0 atom stereocenters. The van der Waals surface area contributed by atoms with E-state index in [1.54, 1.807) is 30.5 Å². The van der Waals surface area contributed by atoms with Gasteiger partial charge in [-0.25, -0.2) is 4.57 Å². The SMILES string of the molecule is COc1ccc(CSc2nnc3n(-c4ccc(OC)cc4)c(=O)c4ccccc4n23)cc1. The molecule has 32 heavy (non-hydrogen) atoms. The standard InChI is InChI=1S/C24H20N4O3S/c1-30-18-11-7-16(8-12-18)15-32-24-26-25-23-27(17-9-13-19(31-2)14-10-17)22(29)20-5-3-4-6-21(20)28(23)24/h3-14H,15H2,1-2H3. The molecular weight excluding hydrogens is 424 g/mol. The fraction of sp³-hybridized carbons (Fsp3) is 0.125. The minimum atomic E-state index is -0.141. The van der Waals surface area contributed by atoms with Crippen LogP contribution >= 0.6 is 11.8 Å². The van der Waals surface area contributed by atoms with Crippen LogP contribution in [0.4, 0.5) is 0 Å². The van der Waals surface area contributed by atoms with Crippen LogP contribution in [0, 0.1) is 0 Å². The van der Waals surface area contributed by atoms with Crippen molar-refractivity contribution in [2.75, 3.05) is 14.2 Å². The number of ether oxygens (including phenoxy) is 2. The number of rotatable bonds is 6. The van der Waals surface area contributed by atoms with E-state index >= 15 is 0 Å². The maximum Gasteiger partial charge on any atom is 0.267 e. The van der Waals surface area contributed by atoms with Gasteiger partial charge < -0.3 is 9.47 Å². The normalized spacial score (nSPS) is 11.2. The number of methoxy groups -OCH3 is 2. The van der Waals surface area contributed by atoms with Gasteiger partial charge in [0.15, 0.2) is 5.16 Å². The summed E-state index contributed by atoms with van der Waals surface area (Å²) in [6.45, 7) is 0. The van der Waals surface area contributed by atoms with Gasteiger partial charge in [0.2, 0.25) is 5.78 Å². The molecule has 0 fully saturated rings. The first-order valence-corrected chi connectivity index (χ1v) is 11.0. The Morgan fingerprint density at radius 1 is 0.844 bits per heavy atom. The van der Waals surface area contributed by atoms with Crippen molar-refractivity contribution in [1.82, 2.24) is 19.2 Å². The summed E-state index contributed by atoms with van der Waals surface area (Å²) in [5.74, 6) is 2.72. The number of fused-ring (bicyclic) bond motifs is 3. The van der Waals surface area contributed by atoms with E-state index in [4.69, 9.17) is 9.47 Å². The average molecular weight is 445 g/mol. The number of para-hydroxylation sites is 1. The Hall–Kier alpha value is -3.78. The van der Waals surface area contributed by atoms with Gasteiger partial charge in [0.25, 0.3) is 5.56 Å². The summed E-state index contributed by atoms with van der Waals surface area (Å²) in [5, 5.41) is 10.1. The Morgan fingerprint density at radius 3 is 2.19 bits per heavy atom. The van der Waals surface area contributed by atoms with Gasteiger partial charge in [-0.2, -0.15) is 0 Å². The van der Waals surface area contributed by atoms with Crippen molar-refractivity contribution in [3.05, 3.63) is 88.7 Å². The molecule has 0 aliphatic rings. The molecule has 8 heteroatoms. The summed E-state index contributed by atoms with van der Waals surface area (Å²) in [6, 6.07) is 22.8. The highest BCUT2D eigenvalue weighted by atomic mass is 32.2. The minimum absolute atomic E-state index is 0.141. The van der Waals surface area contributed by atoms with Crippen LogP contribution < -0.4 is 15.0 Å². The quantitative estimate of drug-likeness (QED) is 0.363. The predicted molar refractivity (Wildman–Crippen MR) is 125 cm³/mol. The summed E-state index contributed by atoms with van der Waals surface area (Å²) in [5.41, 5.74) is 2.47. The fourth-order valence-corrected chi connectivity index (χ4v) is 4.50. The number of hydrogen-bond acceptors (Lipinski definition) is 6. The molecule has 5 rings (SSSR count). The molecule has 5 aromatic rings. The van der Waals surface area contributed by atoms with Gasteiger partial charge in [0, 0.05) is 5.75 Å². The molecule has 0 saturated heterocycles. The zero-order valence-corrected chi connectivity index (χ0v) is 18.4. The lowest BCUT2D eigenvalue weighted by Gasteiger charge is -2.12. The molecule has 7 nitrogen and oxygen atoms in total. The molecule has 0 N–H and O–H groups in total. The number of aromatic nitrogens is 4. The van der Waals surface area contributed by atoms with Crippen molar-refractivity contribution in [3.63, 3.8) is 0 Å². The molecule has 0 aliphatic heterocycles. The van der Waals surface area contributed by atoms with Crippen LogP contribution in [0.3, 0.4) is 0 Å². The Bertz CT molecular complexity index is 1460. The summed E-state index contributed by atoms with van der Waals surface area (Å²) in [4.78, 5) is 13.4. The van der Waals surface area contributed by atoms with E-state index < -0.39 is 0 Å². The smallest absolute Gasteiger partial charge is 0.267 e. The Labute approximate surface area is 188 Å². The van der Waals surface area contributed by atoms with Gasteiger partial charge in [-0.1, -0.05) is 36.0 Å². The van der Waals surface area contributed by atoms with Crippen molar-refractivity contribution in [3.8, 4) is 17.2 Å². The van der Waals surface area contributed by atoms with E-state index in [9.17, 15) is 4.79 Å². The van der Waals surface area contributed by atoms with Crippen LogP contribution in [0.15, 0.2) is 82.7 Å². The van der Waals surface area contributed by atoms with Crippen molar-refractivity contribution in [2.24, 2.45) is 0 Å². The van der Waals surface area contributed by atoms with E-state index in [0.29, 0.717) is 27.8 Å². The van der Waals surface area contributed by atoms with Crippen LogP contribution in [0.25, 0.3) is 22.4 Å². The molecule has 0 aliphatic carbocycles. The predicted octanol–water partition coefficient (Wildman–Crippen LogP) is 4.34. The molecule has 0 spiro atoms. The monoisotopic (exact) mass is 444 g/mol. The third-order valence-corrected chi connectivity index (χ3v) is 6.25. The van der Waals surface area contributed by atoms with Gasteiger partial charge in [0.1, 0.15) is 11.5 Å². The second kappa shape index (κ2) is 8.39. The lowest BCUT2D eigenvalue weighted by atomic mass is 10.2. The van der Waals surface area contributed by atoms with Crippen LogP contribution in [0.2, 0.25) is 0 Å². The first-order chi connectivity index (χ1) is 15.7. The summed E-state index contributed by atoms with van der Waals surface area (Å²) < 4.78 is 14.0. The van der Waals surface area contributed by atoms with E-state index in [1.807, 2.05) is 77.2 Å². The summed E-state index contributed by atoms with van der Waals surface area (Å²) in [6.07, 6.45) is 0. The van der Waals surface area contributed by atoms with Crippen LogP contribution in [0.5, 0.6) is 11.5 Å². The zero-order valence-electron chi connectivity index (χ0n) is 17.6. The molecule has 2 aromatic heterocycles. The largest absolute Gasteiger partial charge is 0.497 e. The molecular formula is C24H20N4O3S. The molecule has 3 aromatic carbocycles. The number of thioether (sulfide) groups is 1. The molecule has 2 heterocycles. The number of nitrogens with zero attached hydrogens (tertiary/aromatic N) is 4. The highest BCUT2D eigenvalue weighted by molar-refractivity contribution is 7.98. The van der Waals surface area contributed by atoms with Crippen molar-refractivity contribution in [2.45, 2.75) is 10.9 Å².